The number of carbonyl (C=O) groups is 1. The fourth-order valence-corrected chi connectivity index (χ4v) is 7.18. The molecule has 0 radical (unpaired) electrons. The van der Waals surface area contributed by atoms with Gasteiger partial charge in [-0.15, -0.1) is 16.8 Å². The molecule has 0 saturated heterocycles. The molecule has 0 aliphatic heterocycles. The molecule has 7 heteroatoms. The van der Waals surface area contributed by atoms with Gasteiger partial charge in [0.25, 0.3) is 0 Å². The van der Waals surface area contributed by atoms with E-state index in [0.29, 0.717) is 6.54 Å². The van der Waals surface area contributed by atoms with Crippen LogP contribution < -0.4 is 5.32 Å². The average Bonchev–Trinajstić information content (AvgIpc) is 3.26. The highest BCUT2D eigenvalue weighted by molar-refractivity contribution is 8.00. The van der Waals surface area contributed by atoms with Crippen molar-refractivity contribution in [1.29, 1.82) is 0 Å². The molecule has 2 aromatic rings. The quantitative estimate of drug-likeness (QED) is 0.517. The number of thioether (sulfide) groups is 1. The number of allylic oxidation sites excluding steroid dienone is 1. The van der Waals surface area contributed by atoms with Crippen molar-refractivity contribution in [2.75, 3.05) is 0 Å². The minimum Gasteiger partial charge on any atom is -0.469 e. The summed E-state index contributed by atoms with van der Waals surface area (Å²) in [7, 11) is 0. The van der Waals surface area contributed by atoms with Crippen LogP contribution in [0.25, 0.3) is 11.4 Å². The first-order valence-electron chi connectivity index (χ1n) is 11.0. The second-order valence-electron chi connectivity index (χ2n) is 9.54. The Morgan fingerprint density at radius 1 is 1.33 bits per heavy atom. The largest absolute Gasteiger partial charge is 0.469 e. The van der Waals surface area contributed by atoms with Crippen molar-refractivity contribution in [3.8, 4) is 11.4 Å². The predicted octanol–water partition coefficient (Wildman–Crippen LogP) is 4.60. The molecule has 2 heterocycles. The third-order valence-electron chi connectivity index (χ3n) is 7.21. The van der Waals surface area contributed by atoms with Crippen LogP contribution in [0.4, 0.5) is 0 Å². The summed E-state index contributed by atoms with van der Waals surface area (Å²) in [6.07, 6.45) is 11.1. The zero-order valence-electron chi connectivity index (χ0n) is 17.8. The standard InChI is InChI=1S/C23H30N4O2S/c1-4-6-27-20(19-5-7-29-14(19)2)25-26-22(27)30-15(3)21(28)24-23-11-16-8-17(12-23)10-18(9-16)13-23/h4-5,7,15-18H,1,6,8-13H2,2-3H3,(H,24,28)/t15-,16?,17?,18?,23?/m0/s1. The Kier molecular flexibility index (Phi) is 5.04. The maximum atomic E-state index is 13.2. The fraction of sp³-hybridized carbons (Fsp3) is 0.609. The van der Waals surface area contributed by atoms with Crippen LogP contribution in [-0.2, 0) is 11.3 Å². The van der Waals surface area contributed by atoms with Gasteiger partial charge in [0.15, 0.2) is 11.0 Å². The Hall–Kier alpha value is -2.02. The molecule has 1 amide bonds. The molecular weight excluding hydrogens is 396 g/mol. The molecule has 0 aromatic carbocycles. The molecule has 4 bridgehead atoms. The normalized spacial score (nSPS) is 30.4. The van der Waals surface area contributed by atoms with Crippen LogP contribution in [0.3, 0.4) is 0 Å². The molecule has 4 fully saturated rings. The van der Waals surface area contributed by atoms with E-state index < -0.39 is 0 Å². The second-order valence-corrected chi connectivity index (χ2v) is 10.9. The van der Waals surface area contributed by atoms with Gasteiger partial charge in [-0.3, -0.25) is 9.36 Å². The van der Waals surface area contributed by atoms with Crippen LogP contribution in [0.2, 0.25) is 0 Å². The van der Waals surface area contributed by atoms with E-state index >= 15 is 0 Å². The van der Waals surface area contributed by atoms with Crippen molar-refractivity contribution in [3.05, 3.63) is 30.7 Å². The number of aryl methyl sites for hydroxylation is 1. The van der Waals surface area contributed by atoms with Gasteiger partial charge in [0.05, 0.1) is 17.1 Å². The van der Waals surface area contributed by atoms with Crippen molar-refractivity contribution >= 4 is 17.7 Å². The second kappa shape index (κ2) is 7.59. The Morgan fingerprint density at radius 2 is 2.00 bits per heavy atom. The molecule has 4 aliphatic rings. The van der Waals surface area contributed by atoms with Crippen LogP contribution in [0, 0.1) is 24.7 Å². The first-order chi connectivity index (χ1) is 14.5. The Bertz CT molecular complexity index is 927. The van der Waals surface area contributed by atoms with E-state index in [0.717, 1.165) is 40.1 Å². The van der Waals surface area contributed by atoms with Gasteiger partial charge >= 0.3 is 0 Å². The summed E-state index contributed by atoms with van der Waals surface area (Å²) < 4.78 is 7.44. The molecular formula is C23H30N4O2S. The van der Waals surface area contributed by atoms with E-state index in [4.69, 9.17) is 4.42 Å². The van der Waals surface area contributed by atoms with Gasteiger partial charge in [0, 0.05) is 12.1 Å². The van der Waals surface area contributed by atoms with Crippen molar-refractivity contribution in [2.45, 2.75) is 74.9 Å². The van der Waals surface area contributed by atoms with Crippen LogP contribution >= 0.6 is 11.8 Å². The lowest BCUT2D eigenvalue weighted by atomic mass is 9.53. The van der Waals surface area contributed by atoms with Crippen LogP contribution in [0.5, 0.6) is 0 Å². The SMILES string of the molecule is C=CCn1c(S[C@@H](C)C(=O)NC23CC4CC(CC(C4)C2)C3)nnc1-c1ccoc1C. The summed E-state index contributed by atoms with van der Waals surface area (Å²) in [5, 5.41) is 12.8. The van der Waals surface area contributed by atoms with Crippen molar-refractivity contribution in [1.82, 2.24) is 20.1 Å². The van der Waals surface area contributed by atoms with E-state index in [9.17, 15) is 4.79 Å². The van der Waals surface area contributed by atoms with Gasteiger partial charge in [-0.25, -0.2) is 0 Å². The fourth-order valence-electron chi connectivity index (χ4n) is 6.32. The molecule has 0 spiro atoms. The van der Waals surface area contributed by atoms with E-state index in [2.05, 4.69) is 22.1 Å². The number of carbonyl (C=O) groups excluding carboxylic acids is 1. The van der Waals surface area contributed by atoms with Crippen molar-refractivity contribution < 1.29 is 9.21 Å². The summed E-state index contributed by atoms with van der Waals surface area (Å²) in [4.78, 5) is 13.2. The molecule has 30 heavy (non-hydrogen) atoms. The van der Waals surface area contributed by atoms with E-state index in [1.807, 2.05) is 30.6 Å². The van der Waals surface area contributed by atoms with Crippen molar-refractivity contribution in [2.24, 2.45) is 17.8 Å². The lowest BCUT2D eigenvalue weighted by Crippen LogP contribution is -2.60. The highest BCUT2D eigenvalue weighted by Gasteiger charge is 2.51. The lowest BCUT2D eigenvalue weighted by Gasteiger charge is -2.57. The minimum atomic E-state index is -0.232. The molecule has 6 nitrogen and oxygen atoms in total. The molecule has 1 atom stereocenters. The molecule has 160 valence electrons. The van der Waals surface area contributed by atoms with E-state index in [1.165, 1.54) is 50.3 Å². The highest BCUT2D eigenvalue weighted by atomic mass is 32.2. The van der Waals surface area contributed by atoms with Gasteiger partial charge in [-0.05, 0) is 76.2 Å². The molecule has 6 rings (SSSR count). The van der Waals surface area contributed by atoms with Gasteiger partial charge in [0.1, 0.15) is 5.76 Å². The zero-order valence-corrected chi connectivity index (χ0v) is 18.6. The maximum absolute atomic E-state index is 13.2. The minimum absolute atomic E-state index is 0.0362. The van der Waals surface area contributed by atoms with Crippen molar-refractivity contribution in [3.63, 3.8) is 0 Å². The van der Waals surface area contributed by atoms with Gasteiger partial charge in [-0.2, -0.15) is 0 Å². The Balaban J connectivity index is 1.31. The number of nitrogens with zero attached hydrogens (tertiary/aromatic N) is 3. The zero-order chi connectivity index (χ0) is 20.9. The Morgan fingerprint density at radius 3 is 2.57 bits per heavy atom. The highest BCUT2D eigenvalue weighted by Crippen LogP contribution is 2.55. The number of hydrogen-bond donors (Lipinski definition) is 1. The summed E-state index contributed by atoms with van der Waals surface area (Å²) in [6.45, 7) is 8.33. The maximum Gasteiger partial charge on any atom is 0.233 e. The first kappa shape index (κ1) is 19.9. The van der Waals surface area contributed by atoms with E-state index in [-0.39, 0.29) is 16.7 Å². The number of rotatable bonds is 7. The number of amides is 1. The smallest absolute Gasteiger partial charge is 0.233 e. The van der Waals surface area contributed by atoms with Crippen LogP contribution in [0.15, 0.2) is 34.6 Å². The van der Waals surface area contributed by atoms with Crippen LogP contribution in [0.1, 0.15) is 51.2 Å². The van der Waals surface area contributed by atoms with Gasteiger partial charge in [-0.1, -0.05) is 17.8 Å². The number of nitrogens with one attached hydrogen (secondary N) is 1. The summed E-state index contributed by atoms with van der Waals surface area (Å²) in [5.74, 6) is 4.12. The molecule has 2 aromatic heterocycles. The lowest BCUT2D eigenvalue weighted by molar-refractivity contribution is -0.126. The molecule has 0 unspecified atom stereocenters. The third kappa shape index (κ3) is 3.51. The van der Waals surface area contributed by atoms with E-state index in [1.54, 1.807) is 6.26 Å². The monoisotopic (exact) mass is 426 g/mol. The average molecular weight is 427 g/mol. The number of aromatic nitrogens is 3. The van der Waals surface area contributed by atoms with Gasteiger partial charge in [0.2, 0.25) is 5.91 Å². The third-order valence-corrected chi connectivity index (χ3v) is 8.29. The topological polar surface area (TPSA) is 73.0 Å². The molecule has 4 saturated carbocycles. The first-order valence-corrected chi connectivity index (χ1v) is 11.9. The Labute approximate surface area is 181 Å². The number of hydrogen-bond acceptors (Lipinski definition) is 5. The van der Waals surface area contributed by atoms with Gasteiger partial charge < -0.3 is 9.73 Å². The summed E-state index contributed by atoms with van der Waals surface area (Å²) in [5.41, 5.74) is 0.955. The predicted molar refractivity (Wildman–Crippen MR) is 117 cm³/mol. The summed E-state index contributed by atoms with van der Waals surface area (Å²) >= 11 is 1.47. The van der Waals surface area contributed by atoms with Crippen LogP contribution in [-0.4, -0.2) is 31.5 Å². The number of furan rings is 1. The molecule has 4 aliphatic carbocycles. The molecule has 1 N–H and O–H groups in total. The summed E-state index contributed by atoms with van der Waals surface area (Å²) in [6, 6.07) is 1.90.